The maximum Gasteiger partial charge on any atom is 0.250 e. The average molecular weight is 281 g/mol. The molecule has 0 aliphatic carbocycles. The molecule has 0 radical (unpaired) electrons. The Kier molecular flexibility index (Phi) is 4.10. The van der Waals surface area contributed by atoms with E-state index in [1.807, 2.05) is 19.9 Å². The molecule has 0 saturated carbocycles. The largest absolute Gasteiger partial charge is 0.342 e. The third-order valence-corrected chi connectivity index (χ3v) is 3.69. The topological polar surface area (TPSA) is 49.4 Å². The van der Waals surface area contributed by atoms with Gasteiger partial charge in [-0.15, -0.1) is 0 Å². The van der Waals surface area contributed by atoms with Crippen molar-refractivity contribution in [3.8, 4) is 0 Å². The number of anilines is 1. The molecule has 1 heterocycles. The molecule has 1 aromatic carbocycles. The van der Waals surface area contributed by atoms with Gasteiger partial charge in [-0.1, -0.05) is 37.6 Å². The number of halogens is 1. The minimum atomic E-state index is -0.491. The number of benzene rings is 1. The van der Waals surface area contributed by atoms with Crippen LogP contribution in [0.3, 0.4) is 0 Å². The summed E-state index contributed by atoms with van der Waals surface area (Å²) >= 11 is 6.16. The van der Waals surface area contributed by atoms with Gasteiger partial charge in [-0.25, -0.2) is 0 Å². The van der Waals surface area contributed by atoms with Crippen molar-refractivity contribution >= 4 is 29.1 Å². The van der Waals surface area contributed by atoms with Gasteiger partial charge in [-0.3, -0.25) is 14.5 Å². The Morgan fingerprint density at radius 1 is 1.21 bits per heavy atom. The van der Waals surface area contributed by atoms with Crippen LogP contribution in [0.2, 0.25) is 5.02 Å². The van der Waals surface area contributed by atoms with E-state index in [1.165, 1.54) is 4.90 Å². The Morgan fingerprint density at radius 3 is 2.47 bits per heavy atom. The van der Waals surface area contributed by atoms with Crippen molar-refractivity contribution in [2.24, 2.45) is 0 Å². The molecule has 1 aliphatic rings. The number of carbonyl (C=O) groups excluding carboxylic acids is 2. The number of para-hydroxylation sites is 1. The van der Waals surface area contributed by atoms with Gasteiger partial charge in [0.05, 0.1) is 10.7 Å². The number of piperazine rings is 1. The molecular weight excluding hydrogens is 264 g/mol. The third-order valence-electron chi connectivity index (χ3n) is 3.37. The average Bonchev–Trinajstić information content (AvgIpc) is 2.41. The Labute approximate surface area is 117 Å². The van der Waals surface area contributed by atoms with E-state index in [1.54, 1.807) is 18.2 Å². The zero-order valence-corrected chi connectivity index (χ0v) is 11.8. The predicted molar refractivity (Wildman–Crippen MR) is 75.2 cm³/mol. The van der Waals surface area contributed by atoms with Crippen molar-refractivity contribution in [1.82, 2.24) is 5.32 Å². The second kappa shape index (κ2) is 5.61. The fourth-order valence-electron chi connectivity index (χ4n) is 2.35. The Hall–Kier alpha value is -1.55. The van der Waals surface area contributed by atoms with Crippen molar-refractivity contribution in [1.29, 1.82) is 0 Å². The molecule has 102 valence electrons. The highest BCUT2D eigenvalue weighted by Crippen LogP contribution is 2.30. The van der Waals surface area contributed by atoms with Crippen LogP contribution in [0.5, 0.6) is 0 Å². The Balaban J connectivity index is 2.46. The number of nitrogens with one attached hydrogen (secondary N) is 1. The molecule has 2 amide bonds. The van der Waals surface area contributed by atoms with Crippen molar-refractivity contribution in [3.63, 3.8) is 0 Å². The summed E-state index contributed by atoms with van der Waals surface area (Å²) in [5.41, 5.74) is 0.606. The summed E-state index contributed by atoms with van der Waals surface area (Å²) in [7, 11) is 0. The lowest BCUT2D eigenvalue weighted by atomic mass is 10.0. The first-order valence-electron chi connectivity index (χ1n) is 6.48. The first-order chi connectivity index (χ1) is 9.10. The van der Waals surface area contributed by atoms with Gasteiger partial charge in [0.2, 0.25) is 11.8 Å². The highest BCUT2D eigenvalue weighted by atomic mass is 35.5. The number of amides is 2. The zero-order chi connectivity index (χ0) is 14.0. The normalized spacial score (nSPS) is 23.4. The fourth-order valence-corrected chi connectivity index (χ4v) is 2.57. The van der Waals surface area contributed by atoms with Crippen molar-refractivity contribution in [2.75, 3.05) is 4.90 Å². The van der Waals surface area contributed by atoms with E-state index in [0.717, 1.165) is 0 Å². The van der Waals surface area contributed by atoms with E-state index < -0.39 is 12.1 Å². The molecule has 2 atom stereocenters. The monoisotopic (exact) mass is 280 g/mol. The fraction of sp³-hybridized carbons (Fsp3) is 0.429. The van der Waals surface area contributed by atoms with Gasteiger partial charge in [0.25, 0.3) is 0 Å². The summed E-state index contributed by atoms with van der Waals surface area (Å²) in [6, 6.07) is 6.16. The molecule has 4 nitrogen and oxygen atoms in total. The molecule has 1 aromatic rings. The van der Waals surface area contributed by atoms with Crippen LogP contribution in [-0.4, -0.2) is 23.9 Å². The lowest BCUT2D eigenvalue weighted by Crippen LogP contribution is -2.63. The van der Waals surface area contributed by atoms with Gasteiger partial charge < -0.3 is 5.32 Å². The zero-order valence-electron chi connectivity index (χ0n) is 11.0. The highest BCUT2D eigenvalue weighted by molar-refractivity contribution is 6.34. The molecule has 0 aromatic heterocycles. The molecule has 19 heavy (non-hydrogen) atoms. The predicted octanol–water partition coefficient (Wildman–Crippen LogP) is 2.36. The van der Waals surface area contributed by atoms with Crippen LogP contribution in [0.15, 0.2) is 24.3 Å². The van der Waals surface area contributed by atoms with Crippen molar-refractivity contribution in [2.45, 2.75) is 38.8 Å². The molecular formula is C14H17ClN2O2. The lowest BCUT2D eigenvalue weighted by Gasteiger charge is -2.38. The Morgan fingerprint density at radius 2 is 1.89 bits per heavy atom. The second-order valence-electron chi connectivity index (χ2n) is 4.55. The molecule has 1 saturated heterocycles. The Bertz CT molecular complexity index is 504. The summed E-state index contributed by atoms with van der Waals surface area (Å²) in [4.78, 5) is 26.1. The number of hydrogen-bond acceptors (Lipinski definition) is 2. The standard InChI is InChI=1S/C14H17ClN2O2/c1-3-10-14(19)17(11(4-2)13(18)16-10)12-8-6-5-7-9(12)15/h5-8,10-11H,3-4H2,1-2H3,(H,16,18). The van der Waals surface area contributed by atoms with E-state index >= 15 is 0 Å². The smallest absolute Gasteiger partial charge is 0.250 e. The molecule has 0 spiro atoms. The summed E-state index contributed by atoms with van der Waals surface area (Å²) in [6.07, 6.45) is 1.13. The number of hydrogen-bond donors (Lipinski definition) is 1. The van der Waals surface area contributed by atoms with Crippen LogP contribution in [0.25, 0.3) is 0 Å². The molecule has 2 rings (SSSR count). The van der Waals surface area contributed by atoms with Crippen LogP contribution in [-0.2, 0) is 9.59 Å². The molecule has 1 aliphatic heterocycles. The van der Waals surface area contributed by atoms with Crippen LogP contribution >= 0.6 is 11.6 Å². The van der Waals surface area contributed by atoms with Crippen LogP contribution in [0.1, 0.15) is 26.7 Å². The number of rotatable bonds is 3. The summed E-state index contributed by atoms with van der Waals surface area (Å²) in [6.45, 7) is 3.76. The van der Waals surface area contributed by atoms with Gasteiger partial charge in [0.1, 0.15) is 12.1 Å². The quantitative estimate of drug-likeness (QED) is 0.924. The molecule has 1 N–H and O–H groups in total. The lowest BCUT2D eigenvalue weighted by molar-refractivity contribution is -0.134. The van der Waals surface area contributed by atoms with Crippen LogP contribution in [0, 0.1) is 0 Å². The first kappa shape index (κ1) is 13.9. The third kappa shape index (κ3) is 2.45. The molecule has 0 bridgehead atoms. The van der Waals surface area contributed by atoms with Crippen molar-refractivity contribution in [3.05, 3.63) is 29.3 Å². The highest BCUT2D eigenvalue weighted by Gasteiger charge is 2.40. The number of nitrogens with zero attached hydrogens (tertiary/aromatic N) is 1. The van der Waals surface area contributed by atoms with Gasteiger partial charge in [-0.05, 0) is 25.0 Å². The summed E-state index contributed by atoms with van der Waals surface area (Å²) in [5, 5.41) is 3.25. The molecule has 1 fully saturated rings. The van der Waals surface area contributed by atoms with Crippen LogP contribution in [0.4, 0.5) is 5.69 Å². The van der Waals surface area contributed by atoms with E-state index in [-0.39, 0.29) is 11.8 Å². The summed E-state index contributed by atoms with van der Waals surface area (Å²) in [5.74, 6) is -0.212. The van der Waals surface area contributed by atoms with E-state index in [0.29, 0.717) is 23.6 Å². The van der Waals surface area contributed by atoms with Crippen molar-refractivity contribution < 1.29 is 9.59 Å². The van der Waals surface area contributed by atoms with Gasteiger partial charge >= 0.3 is 0 Å². The van der Waals surface area contributed by atoms with E-state index in [9.17, 15) is 9.59 Å². The molecule has 2 unspecified atom stereocenters. The first-order valence-corrected chi connectivity index (χ1v) is 6.85. The van der Waals surface area contributed by atoms with Gasteiger partial charge in [-0.2, -0.15) is 0 Å². The second-order valence-corrected chi connectivity index (χ2v) is 4.96. The van der Waals surface area contributed by atoms with E-state index in [2.05, 4.69) is 5.32 Å². The van der Waals surface area contributed by atoms with Crippen LogP contribution < -0.4 is 10.2 Å². The summed E-state index contributed by atoms with van der Waals surface area (Å²) < 4.78 is 0. The SMILES string of the molecule is CCC1NC(=O)C(CC)N(c2ccccc2Cl)C1=O. The number of carbonyl (C=O) groups is 2. The maximum atomic E-state index is 12.5. The minimum absolute atomic E-state index is 0.0953. The van der Waals surface area contributed by atoms with Gasteiger partial charge in [0.15, 0.2) is 0 Å². The van der Waals surface area contributed by atoms with Gasteiger partial charge in [0, 0.05) is 0 Å². The van der Waals surface area contributed by atoms with E-state index in [4.69, 9.17) is 11.6 Å². The maximum absolute atomic E-state index is 12.5. The minimum Gasteiger partial charge on any atom is -0.342 e. The molecule has 5 heteroatoms.